The molecule has 118 valence electrons. The number of nitrogens with zero attached hydrogens (tertiary/aromatic N) is 3. The van der Waals surface area contributed by atoms with E-state index < -0.39 is 0 Å². The zero-order valence-electron chi connectivity index (χ0n) is 13.1. The first-order valence-corrected chi connectivity index (χ1v) is 8.13. The van der Waals surface area contributed by atoms with Gasteiger partial charge in [0.25, 0.3) is 0 Å². The van der Waals surface area contributed by atoms with E-state index in [4.69, 9.17) is 0 Å². The van der Waals surface area contributed by atoms with Gasteiger partial charge in [0.1, 0.15) is 5.01 Å². The van der Waals surface area contributed by atoms with Gasteiger partial charge in [-0.2, -0.15) is 0 Å². The van der Waals surface area contributed by atoms with Crippen LogP contribution in [-0.2, 0) is 5.41 Å². The van der Waals surface area contributed by atoms with Crippen LogP contribution in [0.5, 0.6) is 0 Å². The standard InChI is InChI=1S/C14H24N4O2S/c1-14(2,3)11-16-17-12(21-11)15-13(20)18(4)8-9-6-5-7-10(9)19/h9-10,19H,5-8H2,1-4H3,(H,15,17,20). The first kappa shape index (κ1) is 16.2. The van der Waals surface area contributed by atoms with Crippen molar-refractivity contribution in [3.05, 3.63) is 5.01 Å². The molecule has 2 unspecified atom stereocenters. The second-order valence-electron chi connectivity index (χ2n) is 6.73. The first-order valence-electron chi connectivity index (χ1n) is 7.31. The summed E-state index contributed by atoms with van der Waals surface area (Å²) in [6, 6.07) is -0.203. The van der Waals surface area contributed by atoms with E-state index >= 15 is 0 Å². The molecule has 1 aliphatic carbocycles. The summed E-state index contributed by atoms with van der Waals surface area (Å²) in [6.07, 6.45) is 2.57. The normalized spacial score (nSPS) is 22.3. The average Bonchev–Trinajstić information content (AvgIpc) is 2.99. The van der Waals surface area contributed by atoms with E-state index in [9.17, 15) is 9.90 Å². The fraction of sp³-hybridized carbons (Fsp3) is 0.786. The number of carbonyl (C=O) groups is 1. The molecule has 1 aliphatic rings. The zero-order valence-corrected chi connectivity index (χ0v) is 13.9. The minimum absolute atomic E-state index is 0.0689. The third-order valence-corrected chi connectivity index (χ3v) is 5.02. The number of carbonyl (C=O) groups excluding carboxylic acids is 1. The quantitative estimate of drug-likeness (QED) is 0.898. The van der Waals surface area contributed by atoms with Gasteiger partial charge < -0.3 is 10.0 Å². The number of hydrogen-bond donors (Lipinski definition) is 2. The van der Waals surface area contributed by atoms with Gasteiger partial charge >= 0.3 is 6.03 Å². The van der Waals surface area contributed by atoms with Gasteiger partial charge in [-0.1, -0.05) is 38.5 Å². The Morgan fingerprint density at radius 2 is 2.14 bits per heavy atom. The fourth-order valence-electron chi connectivity index (χ4n) is 2.43. The Balaban J connectivity index is 1.90. The van der Waals surface area contributed by atoms with Crippen molar-refractivity contribution >= 4 is 22.5 Å². The highest BCUT2D eigenvalue weighted by atomic mass is 32.1. The van der Waals surface area contributed by atoms with Crippen molar-refractivity contribution < 1.29 is 9.90 Å². The summed E-state index contributed by atoms with van der Waals surface area (Å²) in [5, 5.41) is 22.1. The SMILES string of the molecule is CN(CC1CCCC1O)C(=O)Nc1nnc(C(C)(C)C)s1. The topological polar surface area (TPSA) is 78.4 Å². The van der Waals surface area contributed by atoms with Crippen molar-refractivity contribution in [3.8, 4) is 0 Å². The van der Waals surface area contributed by atoms with E-state index in [1.807, 2.05) is 0 Å². The molecule has 1 heterocycles. The molecule has 1 saturated carbocycles. The van der Waals surface area contributed by atoms with E-state index in [0.29, 0.717) is 11.7 Å². The van der Waals surface area contributed by atoms with Crippen molar-refractivity contribution in [2.75, 3.05) is 18.9 Å². The molecule has 7 heteroatoms. The molecule has 0 saturated heterocycles. The maximum atomic E-state index is 12.1. The number of nitrogens with one attached hydrogen (secondary N) is 1. The molecule has 2 rings (SSSR count). The molecule has 6 nitrogen and oxygen atoms in total. The number of aliphatic hydroxyl groups is 1. The average molecular weight is 312 g/mol. The monoisotopic (exact) mass is 312 g/mol. The van der Waals surface area contributed by atoms with E-state index in [1.165, 1.54) is 11.3 Å². The molecule has 1 aromatic rings. The maximum absolute atomic E-state index is 12.1. The number of anilines is 1. The number of aliphatic hydroxyl groups excluding tert-OH is 1. The summed E-state index contributed by atoms with van der Waals surface area (Å²) >= 11 is 1.40. The third kappa shape index (κ3) is 4.14. The van der Waals surface area contributed by atoms with E-state index in [2.05, 4.69) is 36.3 Å². The number of amides is 2. The van der Waals surface area contributed by atoms with E-state index in [-0.39, 0.29) is 23.5 Å². The van der Waals surface area contributed by atoms with Crippen LogP contribution < -0.4 is 5.32 Å². The van der Waals surface area contributed by atoms with Crippen LogP contribution in [0.15, 0.2) is 0 Å². The molecule has 0 bridgehead atoms. The van der Waals surface area contributed by atoms with Crippen molar-refractivity contribution in [2.45, 2.75) is 51.6 Å². The van der Waals surface area contributed by atoms with Crippen LogP contribution in [0.4, 0.5) is 9.93 Å². The molecular weight excluding hydrogens is 288 g/mol. The van der Waals surface area contributed by atoms with E-state index in [0.717, 1.165) is 24.3 Å². The maximum Gasteiger partial charge on any atom is 0.323 e. The lowest BCUT2D eigenvalue weighted by Crippen LogP contribution is -2.37. The van der Waals surface area contributed by atoms with Crippen molar-refractivity contribution in [1.29, 1.82) is 0 Å². The third-order valence-electron chi connectivity index (χ3n) is 3.75. The molecule has 2 N–H and O–H groups in total. The van der Waals surface area contributed by atoms with Gasteiger partial charge in [0, 0.05) is 24.9 Å². The molecule has 2 amide bonds. The number of urea groups is 1. The van der Waals surface area contributed by atoms with Crippen LogP contribution in [0.25, 0.3) is 0 Å². The largest absolute Gasteiger partial charge is 0.393 e. The number of aromatic nitrogens is 2. The second-order valence-corrected chi connectivity index (χ2v) is 7.71. The summed E-state index contributed by atoms with van der Waals surface area (Å²) in [4.78, 5) is 13.7. The van der Waals surface area contributed by atoms with Gasteiger partial charge in [0.2, 0.25) is 5.13 Å². The van der Waals surface area contributed by atoms with Crippen molar-refractivity contribution in [1.82, 2.24) is 15.1 Å². The molecule has 21 heavy (non-hydrogen) atoms. The van der Waals surface area contributed by atoms with E-state index in [1.54, 1.807) is 11.9 Å². The van der Waals surface area contributed by atoms with Crippen LogP contribution in [0.2, 0.25) is 0 Å². The Labute approximate surface area is 129 Å². The molecule has 0 aromatic carbocycles. The smallest absolute Gasteiger partial charge is 0.323 e. The van der Waals surface area contributed by atoms with Crippen LogP contribution in [0.1, 0.15) is 45.0 Å². The molecule has 2 atom stereocenters. The van der Waals surface area contributed by atoms with Gasteiger partial charge in [-0.05, 0) is 12.8 Å². The Morgan fingerprint density at radius 3 is 2.67 bits per heavy atom. The predicted molar refractivity (Wildman–Crippen MR) is 83.6 cm³/mol. The predicted octanol–water partition coefficient (Wildman–Crippen LogP) is 2.46. The molecule has 1 aromatic heterocycles. The summed E-state index contributed by atoms with van der Waals surface area (Å²) < 4.78 is 0. The minimum atomic E-state index is -0.283. The minimum Gasteiger partial charge on any atom is -0.393 e. The van der Waals surface area contributed by atoms with Gasteiger partial charge in [-0.25, -0.2) is 4.79 Å². The molecule has 1 fully saturated rings. The lowest BCUT2D eigenvalue weighted by atomic mass is 9.98. The zero-order chi connectivity index (χ0) is 15.6. The summed E-state index contributed by atoms with van der Waals surface area (Å²) in [5.41, 5.74) is -0.0689. The number of hydrogen-bond acceptors (Lipinski definition) is 5. The summed E-state index contributed by atoms with van der Waals surface area (Å²) in [6.45, 7) is 6.75. The van der Waals surface area contributed by atoms with Crippen LogP contribution >= 0.6 is 11.3 Å². The lowest BCUT2D eigenvalue weighted by Gasteiger charge is -2.22. The van der Waals surface area contributed by atoms with Crippen molar-refractivity contribution in [3.63, 3.8) is 0 Å². The van der Waals surface area contributed by atoms with Gasteiger partial charge in [-0.15, -0.1) is 10.2 Å². The number of rotatable bonds is 3. The first-order chi connectivity index (χ1) is 9.77. The Bertz CT molecular complexity index is 497. The van der Waals surface area contributed by atoms with Crippen LogP contribution in [-0.4, -0.2) is 45.9 Å². The Hall–Kier alpha value is -1.21. The molecule has 0 aliphatic heterocycles. The summed E-state index contributed by atoms with van der Waals surface area (Å²) in [7, 11) is 1.74. The van der Waals surface area contributed by atoms with Crippen LogP contribution in [0, 0.1) is 5.92 Å². The second kappa shape index (κ2) is 6.27. The Morgan fingerprint density at radius 1 is 1.43 bits per heavy atom. The lowest BCUT2D eigenvalue weighted by molar-refractivity contribution is 0.116. The fourth-order valence-corrected chi connectivity index (χ4v) is 3.22. The highest BCUT2D eigenvalue weighted by molar-refractivity contribution is 7.15. The van der Waals surface area contributed by atoms with Gasteiger partial charge in [-0.3, -0.25) is 5.32 Å². The molecule has 0 spiro atoms. The molecule has 0 radical (unpaired) electrons. The summed E-state index contributed by atoms with van der Waals surface area (Å²) in [5.74, 6) is 0.181. The highest BCUT2D eigenvalue weighted by Crippen LogP contribution is 2.28. The molecular formula is C14H24N4O2S. The Kier molecular flexibility index (Phi) is 4.83. The van der Waals surface area contributed by atoms with Crippen molar-refractivity contribution in [2.24, 2.45) is 5.92 Å². The van der Waals surface area contributed by atoms with Crippen LogP contribution in [0.3, 0.4) is 0 Å². The van der Waals surface area contributed by atoms with Gasteiger partial charge in [0.15, 0.2) is 0 Å². The van der Waals surface area contributed by atoms with Gasteiger partial charge in [0.05, 0.1) is 6.10 Å². The highest BCUT2D eigenvalue weighted by Gasteiger charge is 2.28.